The summed E-state index contributed by atoms with van der Waals surface area (Å²) in [6.07, 6.45) is 3.15. The Morgan fingerprint density at radius 2 is 2.00 bits per heavy atom. The Labute approximate surface area is 161 Å². The van der Waals surface area contributed by atoms with Gasteiger partial charge in [0.15, 0.2) is 0 Å². The zero-order valence-corrected chi connectivity index (χ0v) is 15.9. The Morgan fingerprint density at radius 1 is 1.30 bits per heavy atom. The van der Waals surface area contributed by atoms with Gasteiger partial charge >= 0.3 is 5.97 Å². The van der Waals surface area contributed by atoms with Gasteiger partial charge in [-0.15, -0.1) is 0 Å². The van der Waals surface area contributed by atoms with Gasteiger partial charge in [0.25, 0.3) is 5.91 Å². The molecule has 7 nitrogen and oxygen atoms in total. The van der Waals surface area contributed by atoms with Crippen molar-refractivity contribution in [2.45, 2.75) is 13.5 Å². The summed E-state index contributed by atoms with van der Waals surface area (Å²) < 4.78 is 11.9. The van der Waals surface area contributed by atoms with Gasteiger partial charge in [-0.1, -0.05) is 11.6 Å². The highest BCUT2D eigenvalue weighted by Crippen LogP contribution is 2.18. The number of amides is 1. The van der Waals surface area contributed by atoms with Crippen molar-refractivity contribution in [2.75, 3.05) is 14.2 Å². The van der Waals surface area contributed by atoms with Crippen LogP contribution < -0.4 is 0 Å². The zero-order valence-electron chi connectivity index (χ0n) is 15.1. The SMILES string of the molecule is COC(=O)c1cc(CN(C)C(=O)c2cnn(-c3ccc(Cl)cc3)c2)oc1C. The maximum atomic E-state index is 12.6. The van der Waals surface area contributed by atoms with Gasteiger partial charge in [-0.25, -0.2) is 9.48 Å². The third kappa shape index (κ3) is 4.03. The van der Waals surface area contributed by atoms with Crippen LogP contribution in [0, 0.1) is 6.92 Å². The molecular formula is C19H18ClN3O4. The number of rotatable bonds is 5. The first-order chi connectivity index (χ1) is 12.9. The molecule has 0 radical (unpaired) electrons. The molecule has 8 heteroatoms. The molecule has 140 valence electrons. The van der Waals surface area contributed by atoms with Crippen molar-refractivity contribution in [3.63, 3.8) is 0 Å². The smallest absolute Gasteiger partial charge is 0.341 e. The van der Waals surface area contributed by atoms with Crippen LogP contribution in [-0.2, 0) is 11.3 Å². The Balaban J connectivity index is 1.72. The van der Waals surface area contributed by atoms with E-state index in [1.54, 1.807) is 43.0 Å². The molecule has 0 saturated heterocycles. The van der Waals surface area contributed by atoms with Gasteiger partial charge < -0.3 is 14.1 Å². The topological polar surface area (TPSA) is 77.6 Å². The summed E-state index contributed by atoms with van der Waals surface area (Å²) in [4.78, 5) is 25.8. The Hall–Kier alpha value is -3.06. The Morgan fingerprint density at radius 3 is 2.67 bits per heavy atom. The summed E-state index contributed by atoms with van der Waals surface area (Å²) in [6, 6.07) is 8.72. The number of furan rings is 1. The van der Waals surface area contributed by atoms with Gasteiger partial charge in [0, 0.05) is 18.3 Å². The van der Waals surface area contributed by atoms with E-state index in [0.29, 0.717) is 27.7 Å². The van der Waals surface area contributed by atoms with Gasteiger partial charge in [-0.05, 0) is 37.3 Å². The number of aromatic nitrogens is 2. The number of hydrogen-bond donors (Lipinski definition) is 0. The van der Waals surface area contributed by atoms with Crippen LogP contribution in [0.5, 0.6) is 0 Å². The van der Waals surface area contributed by atoms with E-state index in [1.807, 2.05) is 12.1 Å². The van der Waals surface area contributed by atoms with Crippen LogP contribution in [0.4, 0.5) is 0 Å². The van der Waals surface area contributed by atoms with Crippen molar-refractivity contribution in [1.82, 2.24) is 14.7 Å². The van der Waals surface area contributed by atoms with Crippen LogP contribution in [0.15, 0.2) is 47.1 Å². The molecule has 0 N–H and O–H groups in total. The second-order valence-electron chi connectivity index (χ2n) is 5.99. The number of benzene rings is 1. The second-order valence-corrected chi connectivity index (χ2v) is 6.42. The molecule has 0 atom stereocenters. The third-order valence-corrected chi connectivity index (χ3v) is 4.29. The van der Waals surface area contributed by atoms with Crippen molar-refractivity contribution in [2.24, 2.45) is 0 Å². The number of aryl methyl sites for hydroxylation is 1. The fourth-order valence-corrected chi connectivity index (χ4v) is 2.75. The van der Waals surface area contributed by atoms with E-state index in [1.165, 1.54) is 18.2 Å². The lowest BCUT2D eigenvalue weighted by Crippen LogP contribution is -2.25. The number of carbonyl (C=O) groups excluding carboxylic acids is 2. The van der Waals surface area contributed by atoms with Crippen molar-refractivity contribution in [1.29, 1.82) is 0 Å². The quantitative estimate of drug-likeness (QED) is 0.626. The van der Waals surface area contributed by atoms with Crippen LogP contribution in [0.25, 0.3) is 5.69 Å². The van der Waals surface area contributed by atoms with Crippen molar-refractivity contribution >= 4 is 23.5 Å². The lowest BCUT2D eigenvalue weighted by molar-refractivity contribution is 0.0598. The van der Waals surface area contributed by atoms with E-state index >= 15 is 0 Å². The predicted molar refractivity (Wildman–Crippen MR) is 99.2 cm³/mol. The fourth-order valence-electron chi connectivity index (χ4n) is 2.63. The highest BCUT2D eigenvalue weighted by Gasteiger charge is 2.19. The minimum atomic E-state index is -0.472. The molecule has 27 heavy (non-hydrogen) atoms. The molecule has 0 spiro atoms. The highest BCUT2D eigenvalue weighted by atomic mass is 35.5. The minimum absolute atomic E-state index is 0.211. The number of carbonyl (C=O) groups is 2. The molecule has 0 aliphatic rings. The lowest BCUT2D eigenvalue weighted by atomic mass is 10.2. The van der Waals surface area contributed by atoms with E-state index in [0.717, 1.165) is 5.69 Å². The maximum absolute atomic E-state index is 12.6. The Kier molecular flexibility index (Phi) is 5.32. The fraction of sp³-hybridized carbons (Fsp3) is 0.211. The zero-order chi connectivity index (χ0) is 19.6. The molecule has 0 aliphatic carbocycles. The molecule has 0 unspecified atom stereocenters. The van der Waals surface area contributed by atoms with Crippen molar-refractivity contribution in [3.8, 4) is 5.69 Å². The van der Waals surface area contributed by atoms with E-state index in [9.17, 15) is 9.59 Å². The van der Waals surface area contributed by atoms with Crippen molar-refractivity contribution in [3.05, 3.63) is 70.4 Å². The molecule has 0 fully saturated rings. The number of methoxy groups -OCH3 is 1. The van der Waals surface area contributed by atoms with Gasteiger partial charge in [0.1, 0.15) is 17.1 Å². The molecule has 0 saturated carbocycles. The monoisotopic (exact) mass is 387 g/mol. The van der Waals surface area contributed by atoms with E-state index in [-0.39, 0.29) is 12.5 Å². The van der Waals surface area contributed by atoms with Gasteiger partial charge in [0.2, 0.25) is 0 Å². The molecule has 3 aromatic rings. The summed E-state index contributed by atoms with van der Waals surface area (Å²) in [5, 5.41) is 4.85. The normalized spacial score (nSPS) is 10.7. The van der Waals surface area contributed by atoms with Crippen molar-refractivity contribution < 1.29 is 18.7 Å². The summed E-state index contributed by atoms with van der Waals surface area (Å²) in [5.74, 6) is 0.256. The summed E-state index contributed by atoms with van der Waals surface area (Å²) >= 11 is 5.89. The molecule has 1 aromatic carbocycles. The van der Waals surface area contributed by atoms with E-state index in [4.69, 9.17) is 20.8 Å². The molecule has 0 bridgehead atoms. The van der Waals surface area contributed by atoms with Crippen LogP contribution >= 0.6 is 11.6 Å². The summed E-state index contributed by atoms with van der Waals surface area (Å²) in [7, 11) is 2.96. The first-order valence-corrected chi connectivity index (χ1v) is 8.50. The average Bonchev–Trinajstić information content (AvgIpc) is 3.28. The molecule has 2 heterocycles. The first kappa shape index (κ1) is 18.7. The minimum Gasteiger partial charge on any atom is -0.465 e. The molecular weight excluding hydrogens is 370 g/mol. The second kappa shape index (κ2) is 7.67. The number of hydrogen-bond acceptors (Lipinski definition) is 5. The van der Waals surface area contributed by atoms with E-state index in [2.05, 4.69) is 5.10 Å². The number of esters is 1. The predicted octanol–water partition coefficient (Wildman–Crippen LogP) is 3.49. The van der Waals surface area contributed by atoms with Crippen LogP contribution in [0.3, 0.4) is 0 Å². The van der Waals surface area contributed by atoms with Crippen LogP contribution in [0.2, 0.25) is 5.02 Å². The number of halogens is 1. The molecule has 2 aromatic heterocycles. The van der Waals surface area contributed by atoms with E-state index < -0.39 is 5.97 Å². The van der Waals surface area contributed by atoms with Crippen LogP contribution in [-0.4, -0.2) is 40.7 Å². The lowest BCUT2D eigenvalue weighted by Gasteiger charge is -2.14. The maximum Gasteiger partial charge on any atom is 0.341 e. The summed E-state index contributed by atoms with van der Waals surface area (Å²) in [6.45, 7) is 1.89. The van der Waals surface area contributed by atoms with Gasteiger partial charge in [-0.3, -0.25) is 4.79 Å². The number of nitrogens with zero attached hydrogens (tertiary/aromatic N) is 3. The molecule has 1 amide bonds. The Bertz CT molecular complexity index is 975. The number of ether oxygens (including phenoxy) is 1. The largest absolute Gasteiger partial charge is 0.465 e. The third-order valence-electron chi connectivity index (χ3n) is 4.03. The standard InChI is InChI=1S/C19H18ClN3O4/c1-12-17(19(25)26-3)8-16(27-12)11-22(2)18(24)13-9-21-23(10-13)15-6-4-14(20)5-7-15/h4-10H,11H2,1-3H3. The first-order valence-electron chi connectivity index (χ1n) is 8.12. The van der Waals surface area contributed by atoms with Gasteiger partial charge in [0.05, 0.1) is 31.1 Å². The molecule has 0 aliphatic heterocycles. The van der Waals surface area contributed by atoms with Gasteiger partial charge in [-0.2, -0.15) is 5.10 Å². The summed E-state index contributed by atoms with van der Waals surface area (Å²) in [5.41, 5.74) is 1.58. The highest BCUT2D eigenvalue weighted by molar-refractivity contribution is 6.30. The van der Waals surface area contributed by atoms with Crippen LogP contribution in [0.1, 0.15) is 32.2 Å². The average molecular weight is 388 g/mol. The molecule has 3 rings (SSSR count).